The van der Waals surface area contributed by atoms with Crippen LogP contribution in [0.5, 0.6) is 5.75 Å². The van der Waals surface area contributed by atoms with Crippen molar-refractivity contribution >= 4 is 5.91 Å². The summed E-state index contributed by atoms with van der Waals surface area (Å²) < 4.78 is 5.86. The molecule has 0 radical (unpaired) electrons. The van der Waals surface area contributed by atoms with Gasteiger partial charge in [-0.3, -0.25) is 4.79 Å². The number of hydrogen-bond acceptors (Lipinski definition) is 2. The fourth-order valence-corrected chi connectivity index (χ4v) is 6.14. The van der Waals surface area contributed by atoms with Crippen molar-refractivity contribution in [1.82, 2.24) is 5.32 Å². The van der Waals surface area contributed by atoms with Gasteiger partial charge in [0.25, 0.3) is 5.91 Å². The lowest BCUT2D eigenvalue weighted by molar-refractivity contribution is -0.131. The lowest BCUT2D eigenvalue weighted by atomic mass is 9.48. The zero-order valence-corrected chi connectivity index (χ0v) is 15.8. The van der Waals surface area contributed by atoms with Gasteiger partial charge in [0.15, 0.2) is 6.10 Å². The number of benzene rings is 1. The van der Waals surface area contributed by atoms with Crippen LogP contribution in [0.15, 0.2) is 24.3 Å². The van der Waals surface area contributed by atoms with E-state index in [-0.39, 0.29) is 11.9 Å². The number of aryl methyl sites for hydroxylation is 1. The molecule has 0 heterocycles. The van der Waals surface area contributed by atoms with Crippen molar-refractivity contribution in [2.45, 2.75) is 71.4 Å². The number of hydrogen-bond donors (Lipinski definition) is 1. The highest BCUT2D eigenvalue weighted by atomic mass is 16.5. The van der Waals surface area contributed by atoms with Crippen LogP contribution in [0.2, 0.25) is 0 Å². The SMILES string of the molecule is Cc1cccc(O[C@H](C)C(=O)N[C@H](C)C23CC4CC(CC(C4)C2)C3)c1. The topological polar surface area (TPSA) is 38.3 Å². The van der Waals surface area contributed by atoms with Crippen LogP contribution >= 0.6 is 0 Å². The lowest BCUT2D eigenvalue weighted by Crippen LogP contribution is -2.57. The van der Waals surface area contributed by atoms with E-state index < -0.39 is 6.10 Å². The smallest absolute Gasteiger partial charge is 0.261 e. The summed E-state index contributed by atoms with van der Waals surface area (Å²) in [6, 6.07) is 8.14. The molecule has 136 valence electrons. The van der Waals surface area contributed by atoms with Crippen LogP contribution in [0.1, 0.15) is 57.9 Å². The average Bonchev–Trinajstić information content (AvgIpc) is 2.53. The van der Waals surface area contributed by atoms with Crippen molar-refractivity contribution in [3.8, 4) is 5.75 Å². The summed E-state index contributed by atoms with van der Waals surface area (Å²) in [5.74, 6) is 3.51. The van der Waals surface area contributed by atoms with Gasteiger partial charge in [-0.15, -0.1) is 0 Å². The van der Waals surface area contributed by atoms with Crippen molar-refractivity contribution < 1.29 is 9.53 Å². The summed E-state index contributed by atoms with van der Waals surface area (Å²) in [6.45, 7) is 6.11. The van der Waals surface area contributed by atoms with Gasteiger partial charge in [-0.25, -0.2) is 0 Å². The Morgan fingerprint density at radius 1 is 1.12 bits per heavy atom. The summed E-state index contributed by atoms with van der Waals surface area (Å²) in [4.78, 5) is 12.7. The molecule has 1 aromatic rings. The molecule has 1 aromatic carbocycles. The first-order valence-electron chi connectivity index (χ1n) is 9.97. The fraction of sp³-hybridized carbons (Fsp3) is 0.682. The molecule has 3 nitrogen and oxygen atoms in total. The van der Waals surface area contributed by atoms with Gasteiger partial charge in [0.2, 0.25) is 0 Å². The summed E-state index contributed by atoms with van der Waals surface area (Å²) in [6.07, 6.45) is 7.79. The van der Waals surface area contributed by atoms with Gasteiger partial charge in [0.1, 0.15) is 5.75 Å². The zero-order valence-electron chi connectivity index (χ0n) is 15.8. The van der Waals surface area contributed by atoms with Crippen molar-refractivity contribution in [3.05, 3.63) is 29.8 Å². The zero-order chi connectivity index (χ0) is 17.6. The highest BCUT2D eigenvalue weighted by molar-refractivity contribution is 5.81. The summed E-state index contributed by atoms with van der Waals surface area (Å²) in [5, 5.41) is 3.31. The van der Waals surface area contributed by atoms with E-state index in [2.05, 4.69) is 12.2 Å². The molecule has 4 aliphatic rings. The Hall–Kier alpha value is -1.51. The third-order valence-corrected chi connectivity index (χ3v) is 7.03. The molecule has 5 rings (SSSR count). The van der Waals surface area contributed by atoms with E-state index in [0.717, 1.165) is 29.1 Å². The predicted molar refractivity (Wildman–Crippen MR) is 99.5 cm³/mol. The first-order chi connectivity index (χ1) is 11.9. The molecule has 4 bridgehead atoms. The van der Waals surface area contributed by atoms with Crippen molar-refractivity contribution in [2.75, 3.05) is 0 Å². The van der Waals surface area contributed by atoms with Crippen LogP contribution < -0.4 is 10.1 Å². The minimum Gasteiger partial charge on any atom is -0.481 e. The van der Waals surface area contributed by atoms with Gasteiger partial charge in [0, 0.05) is 6.04 Å². The largest absolute Gasteiger partial charge is 0.481 e. The van der Waals surface area contributed by atoms with Gasteiger partial charge in [0.05, 0.1) is 0 Å². The molecule has 4 aliphatic carbocycles. The maximum absolute atomic E-state index is 12.7. The molecule has 0 spiro atoms. The first-order valence-corrected chi connectivity index (χ1v) is 9.97. The summed E-state index contributed by atoms with van der Waals surface area (Å²) in [5.41, 5.74) is 1.49. The maximum Gasteiger partial charge on any atom is 0.261 e. The number of rotatable bonds is 5. The predicted octanol–water partition coefficient (Wildman–Crippen LogP) is 4.48. The highest BCUT2D eigenvalue weighted by Gasteiger charge is 2.53. The Morgan fingerprint density at radius 3 is 2.28 bits per heavy atom. The number of amides is 1. The van der Waals surface area contributed by atoms with Crippen LogP contribution in [0, 0.1) is 30.1 Å². The van der Waals surface area contributed by atoms with E-state index >= 15 is 0 Å². The first kappa shape index (κ1) is 16.9. The highest BCUT2D eigenvalue weighted by Crippen LogP contribution is 2.61. The number of nitrogens with one attached hydrogen (secondary N) is 1. The molecule has 0 aliphatic heterocycles. The second kappa shape index (κ2) is 6.34. The Kier molecular flexibility index (Phi) is 4.29. The molecular formula is C22H31NO2. The molecule has 0 unspecified atom stereocenters. The molecule has 0 aromatic heterocycles. The molecule has 4 saturated carbocycles. The molecule has 4 fully saturated rings. The summed E-state index contributed by atoms with van der Waals surface area (Å²) in [7, 11) is 0. The van der Waals surface area contributed by atoms with E-state index in [1.807, 2.05) is 38.1 Å². The maximum atomic E-state index is 12.7. The monoisotopic (exact) mass is 341 g/mol. The normalized spacial score (nSPS) is 35.2. The van der Waals surface area contributed by atoms with Crippen LogP contribution in [-0.4, -0.2) is 18.1 Å². The van der Waals surface area contributed by atoms with Gasteiger partial charge < -0.3 is 10.1 Å². The Bertz CT molecular complexity index is 618. The average molecular weight is 341 g/mol. The van der Waals surface area contributed by atoms with Crippen molar-refractivity contribution in [3.63, 3.8) is 0 Å². The van der Waals surface area contributed by atoms with E-state index in [1.54, 1.807) is 0 Å². The standard InChI is InChI=1S/C22H31NO2/c1-14-5-4-6-20(7-14)25-15(2)21(24)23-16(3)22-11-17-8-18(12-22)10-19(9-17)13-22/h4-7,15-19H,8-13H2,1-3H3,(H,23,24)/t15-,16-,17?,18?,19?,22?/m1/s1. The third-order valence-electron chi connectivity index (χ3n) is 7.03. The second-order valence-electron chi connectivity index (χ2n) is 9.09. The molecule has 3 heteroatoms. The Morgan fingerprint density at radius 2 is 1.72 bits per heavy atom. The summed E-state index contributed by atoms with van der Waals surface area (Å²) >= 11 is 0. The van der Waals surface area contributed by atoms with E-state index in [1.165, 1.54) is 38.5 Å². The fourth-order valence-electron chi connectivity index (χ4n) is 6.14. The minimum absolute atomic E-state index is 0.0183. The molecule has 0 saturated heterocycles. The van der Waals surface area contributed by atoms with Crippen LogP contribution in [0.25, 0.3) is 0 Å². The lowest BCUT2D eigenvalue weighted by Gasteiger charge is -2.59. The second-order valence-corrected chi connectivity index (χ2v) is 9.09. The van der Waals surface area contributed by atoms with Gasteiger partial charge >= 0.3 is 0 Å². The quantitative estimate of drug-likeness (QED) is 0.857. The van der Waals surface area contributed by atoms with E-state index in [9.17, 15) is 4.79 Å². The van der Waals surface area contributed by atoms with Crippen LogP contribution in [0.3, 0.4) is 0 Å². The van der Waals surface area contributed by atoms with E-state index in [0.29, 0.717) is 5.41 Å². The van der Waals surface area contributed by atoms with Gasteiger partial charge in [-0.2, -0.15) is 0 Å². The molecule has 1 N–H and O–H groups in total. The van der Waals surface area contributed by atoms with Crippen molar-refractivity contribution in [1.29, 1.82) is 0 Å². The molecule has 2 atom stereocenters. The van der Waals surface area contributed by atoms with E-state index in [4.69, 9.17) is 4.74 Å². The van der Waals surface area contributed by atoms with Crippen molar-refractivity contribution in [2.24, 2.45) is 23.2 Å². The van der Waals surface area contributed by atoms with Crippen LogP contribution in [0.4, 0.5) is 0 Å². The Balaban J connectivity index is 1.38. The number of carbonyl (C=O) groups excluding carboxylic acids is 1. The molecular weight excluding hydrogens is 310 g/mol. The van der Waals surface area contributed by atoms with Gasteiger partial charge in [-0.1, -0.05) is 12.1 Å². The van der Waals surface area contributed by atoms with Crippen LogP contribution in [-0.2, 0) is 4.79 Å². The number of carbonyl (C=O) groups is 1. The molecule has 25 heavy (non-hydrogen) atoms. The molecule has 1 amide bonds. The number of ether oxygens (including phenoxy) is 1. The van der Waals surface area contributed by atoms with Gasteiger partial charge in [-0.05, 0) is 100 Å². The Labute approximate surface area is 151 Å². The minimum atomic E-state index is -0.460. The third kappa shape index (κ3) is 3.30.